The Morgan fingerprint density at radius 2 is 1.67 bits per heavy atom. The van der Waals surface area contributed by atoms with Crippen molar-refractivity contribution in [3.63, 3.8) is 0 Å². The third-order valence-electron chi connectivity index (χ3n) is 4.83. The first-order chi connectivity index (χ1) is 12.9. The molecule has 0 atom stereocenters. The number of hydrogen-bond donors (Lipinski definition) is 1. The Bertz CT molecular complexity index is 1130. The molecule has 0 saturated heterocycles. The average molecular weight is 380 g/mol. The van der Waals surface area contributed by atoms with Crippen LogP contribution in [0, 0.1) is 0 Å². The van der Waals surface area contributed by atoms with Gasteiger partial charge in [0.2, 0.25) is 5.91 Å². The summed E-state index contributed by atoms with van der Waals surface area (Å²) >= 11 is 0. The highest BCUT2D eigenvalue weighted by molar-refractivity contribution is 7.93. The van der Waals surface area contributed by atoms with Gasteiger partial charge < -0.3 is 5.32 Å². The molecule has 1 heterocycles. The highest BCUT2D eigenvalue weighted by atomic mass is 32.2. The van der Waals surface area contributed by atoms with E-state index in [0.717, 1.165) is 5.39 Å². The smallest absolute Gasteiger partial charge is 0.265 e. The fraction of sp³-hybridized carbons (Fsp3) is 0.190. The molecule has 4 rings (SSSR count). The lowest BCUT2D eigenvalue weighted by molar-refractivity contribution is -0.114. The topological polar surface area (TPSA) is 66.5 Å². The Labute approximate surface area is 158 Å². The van der Waals surface area contributed by atoms with E-state index in [-0.39, 0.29) is 17.3 Å². The first-order valence-corrected chi connectivity index (χ1v) is 10.3. The van der Waals surface area contributed by atoms with Crippen molar-refractivity contribution in [2.75, 3.05) is 16.2 Å². The van der Waals surface area contributed by atoms with E-state index in [9.17, 15) is 13.2 Å². The summed E-state index contributed by atoms with van der Waals surface area (Å²) in [5.74, 6) is 0.0316. The number of anilines is 2. The predicted molar refractivity (Wildman–Crippen MR) is 108 cm³/mol. The Balaban J connectivity index is 1.60. The van der Waals surface area contributed by atoms with E-state index in [1.54, 1.807) is 24.3 Å². The zero-order chi connectivity index (χ0) is 19.2. The van der Waals surface area contributed by atoms with Crippen LogP contribution >= 0.6 is 0 Å². The standard InChI is InChI=1S/C21H20N2O3S/c1-14(2)15-9-11-17(12-10-15)22-20(24)13-23-18-7-3-5-16-6-4-8-19(21(16)18)27(23,25)26/h3-12,14H,13H2,1-2H3,(H,22,24). The van der Waals surface area contributed by atoms with Gasteiger partial charge in [-0.2, -0.15) is 0 Å². The van der Waals surface area contributed by atoms with Crippen LogP contribution in [0.15, 0.2) is 65.6 Å². The number of hydrogen-bond acceptors (Lipinski definition) is 3. The van der Waals surface area contributed by atoms with Gasteiger partial charge in [-0.3, -0.25) is 9.10 Å². The molecule has 3 aromatic carbocycles. The van der Waals surface area contributed by atoms with Gasteiger partial charge in [-0.25, -0.2) is 8.42 Å². The maximum atomic E-state index is 12.9. The van der Waals surface area contributed by atoms with Crippen molar-refractivity contribution in [1.29, 1.82) is 0 Å². The van der Waals surface area contributed by atoms with E-state index in [4.69, 9.17) is 0 Å². The van der Waals surface area contributed by atoms with Crippen LogP contribution in [0.5, 0.6) is 0 Å². The van der Waals surface area contributed by atoms with Crippen molar-refractivity contribution in [3.05, 3.63) is 66.2 Å². The maximum absolute atomic E-state index is 12.9. The molecule has 1 aliphatic rings. The van der Waals surface area contributed by atoms with Crippen molar-refractivity contribution >= 4 is 38.1 Å². The second-order valence-electron chi connectivity index (χ2n) is 6.97. The largest absolute Gasteiger partial charge is 0.325 e. The predicted octanol–water partition coefficient (Wildman–Crippen LogP) is 4.11. The lowest BCUT2D eigenvalue weighted by Crippen LogP contribution is -2.35. The molecule has 0 spiro atoms. The van der Waals surface area contributed by atoms with Gasteiger partial charge in [0, 0.05) is 11.1 Å². The van der Waals surface area contributed by atoms with Crippen molar-refractivity contribution in [3.8, 4) is 0 Å². The molecule has 0 saturated carbocycles. The minimum Gasteiger partial charge on any atom is -0.325 e. The van der Waals surface area contributed by atoms with Crippen molar-refractivity contribution in [2.24, 2.45) is 0 Å². The Kier molecular flexibility index (Phi) is 4.15. The summed E-state index contributed by atoms with van der Waals surface area (Å²) in [7, 11) is -3.73. The number of sulfonamides is 1. The highest BCUT2D eigenvalue weighted by Crippen LogP contribution is 2.41. The SMILES string of the molecule is CC(C)c1ccc(NC(=O)CN2c3cccc4cccc(c34)S2(=O)=O)cc1. The zero-order valence-corrected chi connectivity index (χ0v) is 16.0. The Morgan fingerprint density at radius 3 is 2.33 bits per heavy atom. The molecule has 1 aliphatic heterocycles. The highest BCUT2D eigenvalue weighted by Gasteiger charge is 2.36. The van der Waals surface area contributed by atoms with Crippen LogP contribution in [0.2, 0.25) is 0 Å². The van der Waals surface area contributed by atoms with Gasteiger partial charge in [0.05, 0.1) is 10.6 Å². The first-order valence-electron chi connectivity index (χ1n) is 8.82. The van der Waals surface area contributed by atoms with E-state index in [0.29, 0.717) is 22.7 Å². The van der Waals surface area contributed by atoms with Gasteiger partial charge in [-0.05, 0) is 41.1 Å². The quantitative estimate of drug-likeness (QED) is 0.741. The molecule has 0 bridgehead atoms. The molecule has 0 radical (unpaired) electrons. The molecule has 138 valence electrons. The van der Waals surface area contributed by atoms with Gasteiger partial charge in [-0.15, -0.1) is 0 Å². The summed E-state index contributed by atoms with van der Waals surface area (Å²) in [5.41, 5.74) is 2.38. The molecule has 0 aromatic heterocycles. The number of nitrogens with one attached hydrogen (secondary N) is 1. The Morgan fingerprint density at radius 1 is 1.00 bits per heavy atom. The second-order valence-corrected chi connectivity index (χ2v) is 8.80. The molecule has 27 heavy (non-hydrogen) atoms. The summed E-state index contributed by atoms with van der Waals surface area (Å²) in [6.07, 6.45) is 0. The summed E-state index contributed by atoms with van der Waals surface area (Å²) in [4.78, 5) is 12.8. The summed E-state index contributed by atoms with van der Waals surface area (Å²) in [5, 5.41) is 4.31. The number of amides is 1. The molecular formula is C21H20N2O3S. The zero-order valence-electron chi connectivity index (χ0n) is 15.1. The molecule has 0 fully saturated rings. The van der Waals surface area contributed by atoms with Crippen LogP contribution < -0.4 is 9.62 Å². The van der Waals surface area contributed by atoms with Crippen molar-refractivity contribution < 1.29 is 13.2 Å². The molecule has 3 aromatic rings. The van der Waals surface area contributed by atoms with E-state index < -0.39 is 10.0 Å². The summed E-state index contributed by atoms with van der Waals surface area (Å²) in [6.45, 7) is 3.94. The van der Waals surface area contributed by atoms with Gasteiger partial charge in [0.15, 0.2) is 0 Å². The van der Waals surface area contributed by atoms with Crippen LogP contribution in [-0.2, 0) is 14.8 Å². The minimum absolute atomic E-state index is 0.254. The Hall–Kier alpha value is -2.86. The fourth-order valence-corrected chi connectivity index (χ4v) is 5.08. The van der Waals surface area contributed by atoms with Gasteiger partial charge >= 0.3 is 0 Å². The van der Waals surface area contributed by atoms with Crippen LogP contribution in [0.4, 0.5) is 11.4 Å². The molecule has 1 N–H and O–H groups in total. The van der Waals surface area contributed by atoms with E-state index >= 15 is 0 Å². The monoisotopic (exact) mass is 380 g/mol. The van der Waals surface area contributed by atoms with Gasteiger partial charge in [0.1, 0.15) is 6.54 Å². The van der Waals surface area contributed by atoms with Crippen molar-refractivity contribution in [1.82, 2.24) is 0 Å². The lowest BCUT2D eigenvalue weighted by atomic mass is 10.0. The number of rotatable bonds is 4. The van der Waals surface area contributed by atoms with Crippen LogP contribution in [-0.4, -0.2) is 20.9 Å². The van der Waals surface area contributed by atoms with Gasteiger partial charge in [-0.1, -0.05) is 50.2 Å². The van der Waals surface area contributed by atoms with Crippen LogP contribution in [0.3, 0.4) is 0 Å². The number of benzene rings is 3. The second kappa shape index (κ2) is 6.39. The van der Waals surface area contributed by atoms with Crippen LogP contribution in [0.1, 0.15) is 25.3 Å². The average Bonchev–Trinajstić information content (AvgIpc) is 2.86. The maximum Gasteiger partial charge on any atom is 0.265 e. The molecule has 0 aliphatic carbocycles. The number of carbonyl (C=O) groups is 1. The minimum atomic E-state index is -3.73. The fourth-order valence-electron chi connectivity index (χ4n) is 3.41. The molecular weight excluding hydrogens is 360 g/mol. The molecule has 0 unspecified atom stereocenters. The third kappa shape index (κ3) is 2.96. The van der Waals surface area contributed by atoms with Crippen molar-refractivity contribution in [2.45, 2.75) is 24.7 Å². The van der Waals surface area contributed by atoms with Gasteiger partial charge in [0.25, 0.3) is 10.0 Å². The normalized spacial score (nSPS) is 14.7. The van der Waals surface area contributed by atoms with E-state index in [2.05, 4.69) is 19.2 Å². The summed E-state index contributed by atoms with van der Waals surface area (Å²) in [6, 6.07) is 18.2. The molecule has 5 nitrogen and oxygen atoms in total. The van der Waals surface area contributed by atoms with Crippen LogP contribution in [0.25, 0.3) is 10.8 Å². The van der Waals surface area contributed by atoms with E-state index in [1.807, 2.05) is 36.4 Å². The number of nitrogens with zero attached hydrogens (tertiary/aromatic N) is 1. The molecule has 6 heteroatoms. The molecule has 1 amide bonds. The third-order valence-corrected chi connectivity index (χ3v) is 6.63. The lowest BCUT2D eigenvalue weighted by Gasteiger charge is -2.18. The summed E-state index contributed by atoms with van der Waals surface area (Å²) < 4.78 is 27.0. The number of carbonyl (C=O) groups excluding carboxylic acids is 1. The first kappa shape index (κ1) is 17.5. The van der Waals surface area contributed by atoms with E-state index in [1.165, 1.54) is 9.87 Å².